The molecule has 31 heavy (non-hydrogen) atoms. The number of carbonyl (C=O) groups is 2. The van der Waals surface area contributed by atoms with Gasteiger partial charge in [0.15, 0.2) is 6.17 Å². The molecule has 0 aliphatic heterocycles. The largest absolute Gasteiger partial charge is 0.325 e. The third-order valence-electron chi connectivity index (χ3n) is 5.24. The van der Waals surface area contributed by atoms with Crippen LogP contribution in [0.1, 0.15) is 38.1 Å². The van der Waals surface area contributed by atoms with Gasteiger partial charge in [-0.3, -0.25) is 19.0 Å². The number of benzene rings is 2. The fourth-order valence-electron chi connectivity index (χ4n) is 3.40. The molecule has 2 heterocycles. The number of pyridine rings is 2. The van der Waals surface area contributed by atoms with E-state index < -0.39 is 23.4 Å². The van der Waals surface area contributed by atoms with Crippen LogP contribution in [0.2, 0.25) is 0 Å². The summed E-state index contributed by atoms with van der Waals surface area (Å²) >= 11 is 0. The molecular weight excluding hydrogens is 390 g/mol. The lowest BCUT2D eigenvalue weighted by atomic mass is 10.1. The number of rotatable bonds is 5. The third kappa shape index (κ3) is 4.00. The third-order valence-corrected chi connectivity index (χ3v) is 5.24. The maximum Gasteiger partial charge on any atom is 0.279 e. The van der Waals surface area contributed by atoms with Gasteiger partial charge in [-0.2, -0.15) is 0 Å². The SMILES string of the molecule is Cc1cc2ccn(C(NC(=O)c3ccccc3)C(=O)c3ccccc3)c(=O)c2nc1C. The van der Waals surface area contributed by atoms with Crippen molar-refractivity contribution in [3.05, 3.63) is 112 Å². The highest BCUT2D eigenvalue weighted by Crippen LogP contribution is 2.16. The van der Waals surface area contributed by atoms with Crippen LogP contribution in [-0.2, 0) is 0 Å². The Morgan fingerprint density at radius 1 is 0.903 bits per heavy atom. The van der Waals surface area contributed by atoms with Crippen molar-refractivity contribution in [3.8, 4) is 0 Å². The molecule has 0 aliphatic rings. The molecule has 6 heteroatoms. The topological polar surface area (TPSA) is 81.1 Å². The quantitative estimate of drug-likeness (QED) is 0.506. The van der Waals surface area contributed by atoms with E-state index in [9.17, 15) is 14.4 Å². The Kier molecular flexibility index (Phi) is 5.45. The average molecular weight is 411 g/mol. The zero-order chi connectivity index (χ0) is 22.0. The molecule has 6 nitrogen and oxygen atoms in total. The lowest BCUT2D eigenvalue weighted by molar-refractivity contribution is 0.0813. The van der Waals surface area contributed by atoms with Crippen molar-refractivity contribution in [3.63, 3.8) is 0 Å². The van der Waals surface area contributed by atoms with Gasteiger partial charge in [0.2, 0.25) is 5.78 Å². The number of hydrogen-bond acceptors (Lipinski definition) is 4. The molecule has 0 saturated carbocycles. The Bertz CT molecular complexity index is 1330. The average Bonchev–Trinajstić information content (AvgIpc) is 2.80. The van der Waals surface area contributed by atoms with E-state index in [4.69, 9.17) is 0 Å². The fraction of sp³-hybridized carbons (Fsp3) is 0.120. The zero-order valence-electron chi connectivity index (χ0n) is 17.2. The van der Waals surface area contributed by atoms with Gasteiger partial charge in [-0.05, 0) is 43.7 Å². The molecule has 0 radical (unpaired) electrons. The van der Waals surface area contributed by atoms with Gasteiger partial charge in [0.1, 0.15) is 5.52 Å². The van der Waals surface area contributed by atoms with Gasteiger partial charge in [-0.1, -0.05) is 48.5 Å². The Morgan fingerprint density at radius 2 is 1.52 bits per heavy atom. The maximum atomic E-state index is 13.3. The molecular formula is C25H21N3O3. The van der Waals surface area contributed by atoms with Crippen molar-refractivity contribution >= 4 is 22.6 Å². The highest BCUT2D eigenvalue weighted by Gasteiger charge is 2.26. The molecule has 0 saturated heterocycles. The Balaban J connectivity index is 1.83. The number of nitrogens with one attached hydrogen (secondary N) is 1. The van der Waals surface area contributed by atoms with E-state index in [0.717, 1.165) is 11.3 Å². The summed E-state index contributed by atoms with van der Waals surface area (Å²) in [4.78, 5) is 43.9. The maximum absolute atomic E-state index is 13.3. The minimum absolute atomic E-state index is 0.255. The molecule has 0 spiro atoms. The van der Waals surface area contributed by atoms with Crippen LogP contribution in [0.4, 0.5) is 0 Å². The summed E-state index contributed by atoms with van der Waals surface area (Å²) in [5.74, 6) is -0.843. The van der Waals surface area contributed by atoms with Gasteiger partial charge in [0, 0.05) is 28.4 Å². The van der Waals surface area contributed by atoms with Crippen molar-refractivity contribution in [1.29, 1.82) is 0 Å². The summed E-state index contributed by atoms with van der Waals surface area (Å²) < 4.78 is 1.24. The lowest BCUT2D eigenvalue weighted by Gasteiger charge is -2.21. The van der Waals surface area contributed by atoms with Gasteiger partial charge < -0.3 is 5.32 Å². The number of ketones is 1. The molecule has 0 fully saturated rings. The van der Waals surface area contributed by atoms with Gasteiger partial charge in [0.25, 0.3) is 11.5 Å². The second kappa shape index (κ2) is 8.36. The highest BCUT2D eigenvalue weighted by molar-refractivity contribution is 6.03. The minimum Gasteiger partial charge on any atom is -0.325 e. The van der Waals surface area contributed by atoms with Crippen molar-refractivity contribution < 1.29 is 9.59 Å². The molecule has 1 atom stereocenters. The molecule has 1 unspecified atom stereocenters. The fourth-order valence-corrected chi connectivity index (χ4v) is 3.40. The van der Waals surface area contributed by atoms with E-state index in [1.807, 2.05) is 19.9 Å². The van der Waals surface area contributed by atoms with E-state index in [1.54, 1.807) is 66.7 Å². The van der Waals surface area contributed by atoms with E-state index in [-0.39, 0.29) is 5.52 Å². The summed E-state index contributed by atoms with van der Waals surface area (Å²) in [7, 11) is 0. The first-order valence-corrected chi connectivity index (χ1v) is 9.90. The van der Waals surface area contributed by atoms with Crippen molar-refractivity contribution in [1.82, 2.24) is 14.9 Å². The van der Waals surface area contributed by atoms with E-state index in [1.165, 1.54) is 10.8 Å². The number of Topliss-reactive ketones (excluding diaryl/α,β-unsaturated/α-hetero) is 1. The van der Waals surface area contributed by atoms with Crippen molar-refractivity contribution in [2.75, 3.05) is 0 Å². The minimum atomic E-state index is -1.21. The van der Waals surface area contributed by atoms with Gasteiger partial charge in [-0.25, -0.2) is 4.98 Å². The van der Waals surface area contributed by atoms with Crippen molar-refractivity contribution in [2.24, 2.45) is 0 Å². The number of nitrogens with zero attached hydrogens (tertiary/aromatic N) is 2. The summed E-state index contributed by atoms with van der Waals surface area (Å²) in [5, 5.41) is 3.41. The number of amides is 1. The first-order valence-electron chi connectivity index (χ1n) is 9.90. The summed E-state index contributed by atoms with van der Waals surface area (Å²) in [6.45, 7) is 3.75. The molecule has 1 N–H and O–H groups in total. The second-order valence-electron chi connectivity index (χ2n) is 7.33. The van der Waals surface area contributed by atoms with Crippen molar-refractivity contribution in [2.45, 2.75) is 20.0 Å². The summed E-state index contributed by atoms with van der Waals surface area (Å²) in [6.07, 6.45) is 0.313. The lowest BCUT2D eigenvalue weighted by Crippen LogP contribution is -2.42. The van der Waals surface area contributed by atoms with Crippen LogP contribution in [0.3, 0.4) is 0 Å². The Hall–Kier alpha value is -4.06. The predicted octanol–water partition coefficient (Wildman–Crippen LogP) is 3.82. The first kappa shape index (κ1) is 20.2. The monoisotopic (exact) mass is 411 g/mol. The molecule has 4 aromatic rings. The first-order chi connectivity index (χ1) is 15.0. The summed E-state index contributed by atoms with van der Waals surface area (Å²) in [6, 6.07) is 20.8. The number of fused-ring (bicyclic) bond motifs is 1. The molecule has 154 valence electrons. The van der Waals surface area contributed by atoms with E-state index in [0.29, 0.717) is 16.5 Å². The van der Waals surface area contributed by atoms with E-state index >= 15 is 0 Å². The molecule has 2 aromatic heterocycles. The standard InChI is InChI=1S/C25H21N3O3/c1-16-15-20-13-14-28(25(31)21(20)26-17(16)2)23(22(29)18-9-5-3-6-10-18)27-24(30)19-11-7-4-8-12-19/h3-15,23H,1-2H3,(H,27,30). The number of hydrogen-bond donors (Lipinski definition) is 1. The van der Waals surface area contributed by atoms with Gasteiger partial charge in [0.05, 0.1) is 0 Å². The van der Waals surface area contributed by atoms with Crippen LogP contribution in [0.25, 0.3) is 10.9 Å². The number of aryl methyl sites for hydroxylation is 2. The van der Waals surface area contributed by atoms with Gasteiger partial charge >= 0.3 is 0 Å². The molecule has 4 rings (SSSR count). The Morgan fingerprint density at radius 3 is 2.16 bits per heavy atom. The van der Waals surface area contributed by atoms with E-state index in [2.05, 4.69) is 10.3 Å². The smallest absolute Gasteiger partial charge is 0.279 e. The molecule has 1 amide bonds. The van der Waals surface area contributed by atoms with Crippen LogP contribution >= 0.6 is 0 Å². The van der Waals surface area contributed by atoms with Gasteiger partial charge in [-0.15, -0.1) is 0 Å². The van der Waals surface area contributed by atoms with Crippen LogP contribution in [-0.4, -0.2) is 21.2 Å². The molecule has 2 aromatic carbocycles. The highest BCUT2D eigenvalue weighted by atomic mass is 16.2. The van der Waals surface area contributed by atoms with Crippen LogP contribution in [0.15, 0.2) is 83.8 Å². The van der Waals surface area contributed by atoms with Crippen LogP contribution in [0.5, 0.6) is 0 Å². The number of aromatic nitrogens is 2. The molecule has 0 aliphatic carbocycles. The molecule has 0 bridgehead atoms. The van der Waals surface area contributed by atoms with Crippen LogP contribution < -0.4 is 10.9 Å². The Labute approximate surface area is 179 Å². The zero-order valence-corrected chi connectivity index (χ0v) is 17.2. The summed E-state index contributed by atoms with van der Waals surface area (Å²) in [5.41, 5.74) is 2.31. The predicted molar refractivity (Wildman–Crippen MR) is 119 cm³/mol. The normalized spacial score (nSPS) is 11.8. The number of carbonyl (C=O) groups excluding carboxylic acids is 2. The second-order valence-corrected chi connectivity index (χ2v) is 7.33. The van der Waals surface area contributed by atoms with Crippen LogP contribution in [0, 0.1) is 13.8 Å².